The van der Waals surface area contributed by atoms with E-state index in [2.05, 4.69) is 15.9 Å². The highest BCUT2D eigenvalue weighted by molar-refractivity contribution is 9.10. The number of nitriles is 1. The van der Waals surface area contributed by atoms with E-state index in [9.17, 15) is 14.9 Å². The SMILES string of the molecule is CN1C(=C(C#N)C(=O)COC(=O)c2cc(Br)ccc2Cl)N(C)c2ccccc21. The van der Waals surface area contributed by atoms with E-state index in [4.69, 9.17) is 16.3 Å². The quantitative estimate of drug-likeness (QED) is 0.388. The van der Waals surface area contributed by atoms with Gasteiger partial charge in [-0.05, 0) is 30.3 Å². The number of hydrogen-bond acceptors (Lipinski definition) is 6. The molecule has 142 valence electrons. The zero-order valence-corrected chi connectivity index (χ0v) is 17.4. The predicted molar refractivity (Wildman–Crippen MR) is 110 cm³/mol. The topological polar surface area (TPSA) is 73.6 Å². The van der Waals surface area contributed by atoms with Gasteiger partial charge >= 0.3 is 5.97 Å². The number of carbonyl (C=O) groups excluding carboxylic acids is 2. The van der Waals surface area contributed by atoms with Crippen LogP contribution in [-0.4, -0.2) is 32.5 Å². The van der Waals surface area contributed by atoms with Gasteiger partial charge in [0.05, 0.1) is 22.0 Å². The van der Waals surface area contributed by atoms with Gasteiger partial charge in [0.1, 0.15) is 17.5 Å². The standard InChI is InChI=1S/C20H15BrClN3O3/c1-24-16-5-3-4-6-17(16)25(2)19(24)14(10-23)18(26)11-28-20(27)13-9-12(21)7-8-15(13)22/h3-9H,11H2,1-2H3. The van der Waals surface area contributed by atoms with Gasteiger partial charge < -0.3 is 14.5 Å². The molecule has 0 aliphatic carbocycles. The molecule has 0 aromatic heterocycles. The summed E-state index contributed by atoms with van der Waals surface area (Å²) < 4.78 is 5.75. The van der Waals surface area contributed by atoms with Gasteiger partial charge in [-0.3, -0.25) is 4.79 Å². The molecule has 0 spiro atoms. The van der Waals surface area contributed by atoms with Gasteiger partial charge in [0.2, 0.25) is 5.78 Å². The van der Waals surface area contributed by atoms with Crippen LogP contribution < -0.4 is 9.80 Å². The first-order valence-corrected chi connectivity index (χ1v) is 9.38. The Bertz CT molecular complexity index is 1010. The Morgan fingerprint density at radius 1 is 1.14 bits per heavy atom. The number of anilines is 2. The number of Topliss-reactive ketones (excluding diaryl/α,β-unsaturated/α-hetero) is 1. The van der Waals surface area contributed by atoms with E-state index in [1.54, 1.807) is 36.0 Å². The molecule has 0 saturated heterocycles. The molecule has 1 aliphatic rings. The number of fused-ring (bicyclic) bond motifs is 1. The lowest BCUT2D eigenvalue weighted by Gasteiger charge is -2.19. The van der Waals surface area contributed by atoms with E-state index in [1.807, 2.05) is 30.3 Å². The van der Waals surface area contributed by atoms with Crippen LogP contribution in [0.3, 0.4) is 0 Å². The number of esters is 1. The van der Waals surface area contributed by atoms with Crippen LogP contribution in [-0.2, 0) is 9.53 Å². The summed E-state index contributed by atoms with van der Waals surface area (Å²) in [6.45, 7) is -0.563. The predicted octanol–water partition coefficient (Wildman–Crippen LogP) is 4.15. The van der Waals surface area contributed by atoms with Gasteiger partial charge in [-0.2, -0.15) is 5.26 Å². The number of benzene rings is 2. The first kappa shape index (κ1) is 19.9. The summed E-state index contributed by atoms with van der Waals surface area (Å²) in [6.07, 6.45) is 0. The molecular formula is C20H15BrClN3O3. The minimum absolute atomic E-state index is 0.0886. The summed E-state index contributed by atoms with van der Waals surface area (Å²) in [6, 6.07) is 14.2. The maximum atomic E-state index is 12.6. The summed E-state index contributed by atoms with van der Waals surface area (Å²) >= 11 is 9.26. The number of carbonyl (C=O) groups is 2. The maximum absolute atomic E-state index is 12.6. The van der Waals surface area contributed by atoms with Crippen molar-refractivity contribution in [3.8, 4) is 6.07 Å². The summed E-state index contributed by atoms with van der Waals surface area (Å²) in [4.78, 5) is 28.4. The Morgan fingerprint density at radius 2 is 1.75 bits per heavy atom. The molecule has 6 nitrogen and oxygen atoms in total. The van der Waals surface area contributed by atoms with E-state index in [0.29, 0.717) is 10.3 Å². The molecule has 0 radical (unpaired) electrons. The molecule has 0 saturated carbocycles. The molecule has 1 heterocycles. The number of hydrogen-bond donors (Lipinski definition) is 0. The normalized spacial score (nSPS) is 12.5. The van der Waals surface area contributed by atoms with Crippen LogP contribution in [0.15, 0.2) is 58.3 Å². The highest BCUT2D eigenvalue weighted by Gasteiger charge is 2.31. The third kappa shape index (κ3) is 3.61. The molecule has 2 aromatic carbocycles. The Morgan fingerprint density at radius 3 is 2.32 bits per heavy atom. The van der Waals surface area contributed by atoms with Crippen molar-refractivity contribution in [3.05, 3.63) is 68.9 Å². The lowest BCUT2D eigenvalue weighted by Crippen LogP contribution is -2.27. The molecule has 0 unspecified atom stereocenters. The number of halogens is 2. The molecule has 2 aromatic rings. The van der Waals surface area contributed by atoms with Gasteiger partial charge in [0.25, 0.3) is 0 Å². The second-order valence-electron chi connectivity index (χ2n) is 6.04. The van der Waals surface area contributed by atoms with Crippen LogP contribution in [0.2, 0.25) is 5.02 Å². The number of rotatable bonds is 4. The molecule has 28 heavy (non-hydrogen) atoms. The van der Waals surface area contributed by atoms with Crippen molar-refractivity contribution < 1.29 is 14.3 Å². The highest BCUT2D eigenvalue weighted by Crippen LogP contribution is 2.40. The fourth-order valence-electron chi connectivity index (χ4n) is 2.99. The van der Waals surface area contributed by atoms with Crippen molar-refractivity contribution in [2.45, 2.75) is 0 Å². The summed E-state index contributed by atoms with van der Waals surface area (Å²) in [7, 11) is 3.55. The minimum Gasteiger partial charge on any atom is -0.454 e. The zero-order valence-electron chi connectivity index (χ0n) is 15.1. The molecule has 0 amide bonds. The fraction of sp³-hybridized carbons (Fsp3) is 0.150. The van der Waals surface area contributed by atoms with Crippen LogP contribution in [0.25, 0.3) is 0 Å². The number of ketones is 1. The molecular weight excluding hydrogens is 446 g/mol. The van der Waals surface area contributed by atoms with Crippen molar-refractivity contribution >= 4 is 50.7 Å². The third-order valence-corrected chi connectivity index (χ3v) is 5.16. The van der Waals surface area contributed by atoms with Gasteiger partial charge in [0, 0.05) is 18.6 Å². The van der Waals surface area contributed by atoms with Crippen LogP contribution in [0.5, 0.6) is 0 Å². The van der Waals surface area contributed by atoms with Crippen molar-refractivity contribution in [3.63, 3.8) is 0 Å². The Hall–Kier alpha value is -2.82. The van der Waals surface area contributed by atoms with E-state index in [0.717, 1.165) is 11.4 Å². The Balaban J connectivity index is 1.82. The van der Waals surface area contributed by atoms with Gasteiger partial charge in [0.15, 0.2) is 6.61 Å². The molecule has 3 rings (SSSR count). The van der Waals surface area contributed by atoms with E-state index >= 15 is 0 Å². The summed E-state index contributed by atoms with van der Waals surface area (Å²) in [5.41, 5.74) is 1.80. The molecule has 1 aliphatic heterocycles. The largest absolute Gasteiger partial charge is 0.454 e. The van der Waals surface area contributed by atoms with Crippen molar-refractivity contribution in [1.29, 1.82) is 5.26 Å². The van der Waals surface area contributed by atoms with Crippen molar-refractivity contribution in [2.24, 2.45) is 0 Å². The van der Waals surface area contributed by atoms with Gasteiger partial charge in [-0.25, -0.2) is 4.79 Å². The van der Waals surface area contributed by atoms with Crippen molar-refractivity contribution in [1.82, 2.24) is 0 Å². The first-order chi connectivity index (χ1) is 13.3. The van der Waals surface area contributed by atoms with E-state index < -0.39 is 18.4 Å². The van der Waals surface area contributed by atoms with Crippen LogP contribution >= 0.6 is 27.5 Å². The molecule has 8 heteroatoms. The second kappa shape index (κ2) is 8.05. The lowest BCUT2D eigenvalue weighted by molar-refractivity contribution is -0.118. The fourth-order valence-corrected chi connectivity index (χ4v) is 3.55. The highest BCUT2D eigenvalue weighted by atomic mass is 79.9. The number of ether oxygens (including phenoxy) is 1. The van der Waals surface area contributed by atoms with E-state index in [-0.39, 0.29) is 16.2 Å². The van der Waals surface area contributed by atoms with Crippen molar-refractivity contribution in [2.75, 3.05) is 30.5 Å². The van der Waals surface area contributed by atoms with Crippen LogP contribution in [0.4, 0.5) is 11.4 Å². The average Bonchev–Trinajstić information content (AvgIpc) is 2.94. The average molecular weight is 461 g/mol. The van der Waals surface area contributed by atoms with Gasteiger partial charge in [-0.15, -0.1) is 0 Å². The van der Waals surface area contributed by atoms with Crippen LogP contribution in [0, 0.1) is 11.3 Å². The summed E-state index contributed by atoms with van der Waals surface area (Å²) in [5.74, 6) is -0.896. The maximum Gasteiger partial charge on any atom is 0.340 e. The summed E-state index contributed by atoms with van der Waals surface area (Å²) in [5, 5.41) is 9.80. The zero-order chi connectivity index (χ0) is 20.4. The molecule has 0 atom stereocenters. The van der Waals surface area contributed by atoms with Gasteiger partial charge in [-0.1, -0.05) is 39.7 Å². The van der Waals surface area contributed by atoms with E-state index in [1.165, 1.54) is 6.07 Å². The Labute approximate surface area is 175 Å². The second-order valence-corrected chi connectivity index (χ2v) is 7.36. The lowest BCUT2D eigenvalue weighted by atomic mass is 10.2. The first-order valence-electron chi connectivity index (χ1n) is 8.21. The molecule has 0 N–H and O–H groups in total. The molecule has 0 bridgehead atoms. The smallest absolute Gasteiger partial charge is 0.340 e. The number of nitrogens with zero attached hydrogens (tertiary/aromatic N) is 3. The van der Waals surface area contributed by atoms with Crippen LogP contribution in [0.1, 0.15) is 10.4 Å². The minimum atomic E-state index is -0.738. The Kier molecular flexibility index (Phi) is 5.73. The number of para-hydroxylation sites is 2. The third-order valence-electron chi connectivity index (χ3n) is 4.34. The monoisotopic (exact) mass is 459 g/mol. The molecule has 0 fully saturated rings.